The van der Waals surface area contributed by atoms with Gasteiger partial charge in [-0.05, 0) is 124 Å². The van der Waals surface area contributed by atoms with Gasteiger partial charge in [0, 0.05) is 32.4 Å². The third kappa shape index (κ3) is 40.8. The molecule has 0 radical (unpaired) electrons. The molecule has 1 heterocycles. The van der Waals surface area contributed by atoms with Crippen LogP contribution >= 0.6 is 0 Å². The van der Waals surface area contributed by atoms with Gasteiger partial charge in [0.05, 0.1) is 45.5 Å². The first kappa shape index (κ1) is 113. The molecule has 37 N–H and O–H groups in total. The van der Waals surface area contributed by atoms with Gasteiger partial charge in [0.25, 0.3) is 0 Å². The number of guanidine groups is 1. The second-order valence-corrected chi connectivity index (χ2v) is 32.6. The van der Waals surface area contributed by atoms with Crippen molar-refractivity contribution in [3.05, 3.63) is 95.6 Å². The number of phenolic OH excluding ortho intramolecular Hbond substituents is 2. The number of aliphatic carboxylic acids is 2. The Balaban J connectivity index is 1.95. The van der Waals surface area contributed by atoms with Crippen LogP contribution in [0.1, 0.15) is 128 Å². The molecule has 3 aromatic carbocycles. The monoisotopic (exact) mass is 1900 g/mol. The van der Waals surface area contributed by atoms with E-state index in [0.717, 1.165) is 0 Å². The normalized spacial score (nSPS) is 21.4. The molecule has 744 valence electrons. The molecular weight excluding hydrogens is 1780 g/mol. The molecule has 9 unspecified atom stereocenters. The van der Waals surface area contributed by atoms with Crippen molar-refractivity contribution >= 4 is 124 Å². The van der Waals surface area contributed by atoms with Crippen molar-refractivity contribution < 1.29 is 132 Å². The number of carboxylic acid groups (broad SMARTS) is 2. The topological polar surface area (TPSA) is 867 Å². The fraction of sp³-hybridized carbons (Fsp3) is 0.536. The van der Waals surface area contributed by atoms with E-state index in [9.17, 15) is 117 Å². The number of nitrogens with one attached hydrogen (secondary N) is 18. The molecule has 0 aromatic heterocycles. The lowest BCUT2D eigenvalue weighted by Crippen LogP contribution is -2.62. The van der Waals surface area contributed by atoms with E-state index in [-0.39, 0.29) is 101 Å². The summed E-state index contributed by atoms with van der Waals surface area (Å²) in [6.45, 7) is 1.46. The highest BCUT2D eigenvalue weighted by Gasteiger charge is 2.41. The fourth-order valence-electron chi connectivity index (χ4n) is 13.4. The average Bonchev–Trinajstić information content (AvgIpc) is 0.859. The van der Waals surface area contributed by atoms with E-state index < -0.39 is 298 Å². The summed E-state index contributed by atoms with van der Waals surface area (Å²) in [7, 11) is 0. The van der Waals surface area contributed by atoms with Crippen molar-refractivity contribution in [1.82, 2.24) is 90.4 Å². The lowest BCUT2D eigenvalue weighted by atomic mass is 9.99. The van der Waals surface area contributed by atoms with E-state index in [0.29, 0.717) is 11.1 Å². The fourth-order valence-corrected chi connectivity index (χ4v) is 13.4. The third-order valence-corrected chi connectivity index (χ3v) is 20.7. The zero-order valence-corrected chi connectivity index (χ0v) is 74.9. The first-order valence-corrected chi connectivity index (χ1v) is 43.3. The summed E-state index contributed by atoms with van der Waals surface area (Å²) < 4.78 is 0. The number of aliphatic hydroxyl groups is 3. The van der Waals surface area contributed by atoms with Crippen LogP contribution in [-0.2, 0) is 115 Å². The Morgan fingerprint density at radius 3 is 1.26 bits per heavy atom. The van der Waals surface area contributed by atoms with E-state index in [4.69, 9.17) is 39.8 Å². The summed E-state index contributed by atoms with van der Waals surface area (Å²) in [5.41, 5.74) is 35.4. The molecular formula is C84H126N24O27. The van der Waals surface area contributed by atoms with Gasteiger partial charge in [-0.3, -0.25) is 101 Å². The van der Waals surface area contributed by atoms with Crippen LogP contribution in [0.2, 0.25) is 0 Å². The van der Waals surface area contributed by atoms with Crippen molar-refractivity contribution in [3.63, 3.8) is 0 Å². The second-order valence-electron chi connectivity index (χ2n) is 32.6. The molecule has 1 saturated heterocycles. The Kier molecular flexibility index (Phi) is 48.4. The van der Waals surface area contributed by atoms with Crippen LogP contribution < -0.4 is 125 Å². The van der Waals surface area contributed by atoms with Crippen molar-refractivity contribution in [1.29, 1.82) is 5.41 Å². The molecule has 16 atom stereocenters. The van der Waals surface area contributed by atoms with Gasteiger partial charge in [0.15, 0.2) is 5.96 Å². The van der Waals surface area contributed by atoms with E-state index in [1.54, 1.807) is 19.9 Å². The largest absolute Gasteiger partial charge is 0.508 e. The second kappa shape index (κ2) is 57.9. The van der Waals surface area contributed by atoms with Crippen LogP contribution in [0.3, 0.4) is 0 Å². The molecule has 51 heteroatoms. The first-order chi connectivity index (χ1) is 63.8. The maximum atomic E-state index is 15.3. The van der Waals surface area contributed by atoms with Gasteiger partial charge in [-0.15, -0.1) is 0 Å². The average molecular weight is 1900 g/mol. The highest BCUT2D eigenvalue weighted by molar-refractivity contribution is 6.03. The van der Waals surface area contributed by atoms with Gasteiger partial charge in [0.2, 0.25) is 106 Å². The number of benzene rings is 3. The number of carbonyl (C=O) groups is 20. The Morgan fingerprint density at radius 1 is 0.437 bits per heavy atom. The lowest BCUT2D eigenvalue weighted by molar-refractivity contribution is -0.143. The summed E-state index contributed by atoms with van der Waals surface area (Å²) in [4.78, 5) is 282. The highest BCUT2D eigenvalue weighted by Crippen LogP contribution is 2.18. The molecule has 18 amide bonds. The smallest absolute Gasteiger partial charge is 0.305 e. The molecule has 0 saturated carbocycles. The third-order valence-electron chi connectivity index (χ3n) is 20.7. The minimum atomic E-state index is -2.30. The van der Waals surface area contributed by atoms with Crippen LogP contribution in [0.15, 0.2) is 78.9 Å². The van der Waals surface area contributed by atoms with Crippen LogP contribution in [0, 0.1) is 17.2 Å². The molecule has 4 rings (SSSR count). The summed E-state index contributed by atoms with van der Waals surface area (Å²) in [5, 5.41) is 118. The zero-order chi connectivity index (χ0) is 101. The summed E-state index contributed by atoms with van der Waals surface area (Å²) in [5.74, 6) is -28.9. The molecule has 0 aliphatic carbocycles. The van der Waals surface area contributed by atoms with Gasteiger partial charge in [-0.1, -0.05) is 82.3 Å². The SMILES string of the molecule is CC(C)C[C@@H]1NC(=O)C(C(C)C)NC(=O)[C@H](CC(N)=O)NC(=O)C(CO)NC(=O)[C@H](CO)NC(=O)C(CC(=O)O)NC(=O)[C@H](CC(=O)O)NC(=O)C(Cc2ccccc2)NC(=O)[C@H](Cc2ccc(O)cc2)NC(=O)C(N)CNC(=O)CC(C(=O)NC(CCCCN)C(=O)N[C@@H](CCCCN)C(=O)NC(Cc2ccc(O)cc2)C(=O)N[C@@H](CCCNC(=N)N)C(=O)NC(CO)C(N)=O)NC1=O. The number of nitrogens with two attached hydrogens (primary N) is 6. The van der Waals surface area contributed by atoms with Crippen LogP contribution in [-0.4, -0.2) is 303 Å². The molecule has 51 nitrogen and oxygen atoms in total. The van der Waals surface area contributed by atoms with Crippen LogP contribution in [0.5, 0.6) is 11.5 Å². The van der Waals surface area contributed by atoms with Crippen molar-refractivity contribution in [3.8, 4) is 11.5 Å². The lowest BCUT2D eigenvalue weighted by Gasteiger charge is -2.29. The molecule has 1 fully saturated rings. The zero-order valence-electron chi connectivity index (χ0n) is 74.9. The van der Waals surface area contributed by atoms with Crippen molar-refractivity contribution in [2.45, 2.75) is 227 Å². The number of amides is 18. The number of hydrogen-bond donors (Lipinski definition) is 31. The van der Waals surface area contributed by atoms with E-state index in [1.165, 1.54) is 86.6 Å². The summed E-state index contributed by atoms with van der Waals surface area (Å²) in [6, 6.07) is -12.4. The molecule has 0 spiro atoms. The van der Waals surface area contributed by atoms with Gasteiger partial charge in [-0.25, -0.2) is 0 Å². The first-order valence-electron chi connectivity index (χ1n) is 43.3. The van der Waals surface area contributed by atoms with Gasteiger partial charge in [0.1, 0.15) is 108 Å². The number of rotatable bonds is 41. The van der Waals surface area contributed by atoms with E-state index in [2.05, 4.69) is 74.4 Å². The summed E-state index contributed by atoms with van der Waals surface area (Å²) >= 11 is 0. The van der Waals surface area contributed by atoms with Gasteiger partial charge in [-0.2, -0.15) is 0 Å². The minimum absolute atomic E-state index is 0.00784. The molecule has 3 aromatic rings. The van der Waals surface area contributed by atoms with Crippen LogP contribution in [0.25, 0.3) is 0 Å². The highest BCUT2D eigenvalue weighted by atomic mass is 16.4. The molecule has 1 aliphatic rings. The predicted molar refractivity (Wildman–Crippen MR) is 476 cm³/mol. The Morgan fingerprint density at radius 2 is 0.822 bits per heavy atom. The Labute approximate surface area is 774 Å². The summed E-state index contributed by atoms with van der Waals surface area (Å²) in [6.07, 6.45) is -6.69. The van der Waals surface area contributed by atoms with Gasteiger partial charge >= 0.3 is 11.9 Å². The molecule has 1 aliphatic heterocycles. The maximum Gasteiger partial charge on any atom is 0.305 e. The maximum absolute atomic E-state index is 15.3. The number of phenols is 2. The minimum Gasteiger partial charge on any atom is -0.508 e. The van der Waals surface area contributed by atoms with Gasteiger partial charge < -0.3 is 161 Å². The standard InChI is InChI=1S/C84H126N24O27/c1-41(2)29-52-73(125)101-57(77(129)95-49(15-8-10-26-85)70(122)94-50(16-9-11-27-86)71(123)98-55(32-45-20-24-47(113)25-21-45)74(126)96-51(17-12-28-92-84(90)91)72(124)105-60(38-109)68(89)120)34-64(115)93-37-48(87)69(121)97-53(31-44-18-22-46(112)23-19-44)75(127)99-54(30-43-13-6-5-7-14-43)76(128)102-58(35-65(116)117)78(130)103-59(36-66(118)119)79(131)106-62(40-111)82(134)107-61(39-110)81(133)100-56(33-63(88)114)80(132)108-67(42(3)4)83(135)104-52/h5-7,13-14,18-25,41-42,48-62,67,109-113H,8-12,15-17,26-40,85-87H2,1-4H3,(H2,88,114)(H2,89,120)(H,93,115)(H,94,122)(H,95,129)(H,96,126)(H,97,121)(H,98,123)(H,99,127)(H,100,133)(H,101,125)(H,102,128)(H,103,130)(H,104,135)(H,105,124)(H,106,131)(H,107,134)(H,108,132)(H,116,117)(H,118,119)(H4,90,91,92)/t48?,49?,50-,51-,52-,53-,54?,55?,56-,57?,58-,59?,60?,61?,62-,67?/m0/s1. The number of aromatic hydroxyl groups is 2. The Hall–Kier alpha value is -14.3. The van der Waals surface area contributed by atoms with Crippen molar-refractivity contribution in [2.75, 3.05) is 46.0 Å². The van der Waals surface area contributed by atoms with E-state index >= 15 is 14.4 Å². The van der Waals surface area contributed by atoms with Crippen molar-refractivity contribution in [2.24, 2.45) is 46.2 Å². The number of unbranched alkanes of at least 4 members (excludes halogenated alkanes) is 2. The van der Waals surface area contributed by atoms with E-state index in [1.807, 2.05) is 16.0 Å². The number of hydrogen-bond acceptors (Lipinski definition) is 29. The number of carboxylic acids is 2. The number of carbonyl (C=O) groups excluding carboxylic acids is 18. The van der Waals surface area contributed by atoms with Crippen LogP contribution in [0.4, 0.5) is 0 Å². The molecule has 0 bridgehead atoms. The number of aliphatic hydroxyl groups excluding tert-OH is 3. The number of primary amides is 2. The quantitative estimate of drug-likeness (QED) is 0.0142. The predicted octanol–water partition coefficient (Wildman–Crippen LogP) is -11.2. The Bertz CT molecular complexity index is 4590. The molecule has 135 heavy (non-hydrogen) atoms.